The van der Waals surface area contributed by atoms with Crippen LogP contribution < -0.4 is 0 Å². The van der Waals surface area contributed by atoms with E-state index in [1.807, 2.05) is 30.3 Å². The second kappa shape index (κ2) is 2.73. The van der Waals surface area contributed by atoms with Crippen LogP contribution in [0.5, 0.6) is 0 Å². The third kappa shape index (κ3) is 1.03. The molecule has 0 aliphatic heterocycles. The number of fused-ring (bicyclic) bond motifs is 2. The summed E-state index contributed by atoms with van der Waals surface area (Å²) in [6.45, 7) is 0. The van der Waals surface area contributed by atoms with Gasteiger partial charge in [-0.15, -0.1) is 0 Å². The largest absolute Gasteiger partial charge is 0.255 e. The van der Waals surface area contributed by atoms with E-state index in [-0.39, 0.29) is 0 Å². The molecule has 0 atom stereocenters. The summed E-state index contributed by atoms with van der Waals surface area (Å²) >= 11 is 0. The standard InChI is InChI=1S/C11H7N3/c1-3-8-10(12-5-1)7-11-9(14-8)4-2-6-13-11/h1-7H. The highest BCUT2D eigenvalue weighted by molar-refractivity contribution is 5.87. The van der Waals surface area contributed by atoms with Gasteiger partial charge < -0.3 is 0 Å². The SMILES string of the molecule is c1cnc2cc3ncccc3nc2c1. The summed E-state index contributed by atoms with van der Waals surface area (Å²) in [5.74, 6) is 0. The van der Waals surface area contributed by atoms with Crippen molar-refractivity contribution in [2.24, 2.45) is 0 Å². The molecular weight excluding hydrogens is 174 g/mol. The van der Waals surface area contributed by atoms with E-state index >= 15 is 0 Å². The molecule has 3 rings (SSSR count). The first kappa shape index (κ1) is 7.38. The number of nitrogens with zero attached hydrogens (tertiary/aromatic N) is 3. The highest BCUT2D eigenvalue weighted by Crippen LogP contribution is 2.14. The fourth-order valence-corrected chi connectivity index (χ4v) is 1.49. The minimum absolute atomic E-state index is 0.888. The van der Waals surface area contributed by atoms with E-state index < -0.39 is 0 Å². The average Bonchev–Trinajstić information content (AvgIpc) is 2.26. The van der Waals surface area contributed by atoms with Crippen LogP contribution in [0.1, 0.15) is 0 Å². The fraction of sp³-hybridized carbons (Fsp3) is 0. The normalized spacial score (nSPS) is 10.9. The smallest absolute Gasteiger partial charge is 0.0908 e. The highest BCUT2D eigenvalue weighted by atomic mass is 14.8. The minimum atomic E-state index is 0.888. The zero-order chi connectivity index (χ0) is 9.38. The van der Waals surface area contributed by atoms with E-state index in [0.717, 1.165) is 22.1 Å². The van der Waals surface area contributed by atoms with Crippen molar-refractivity contribution in [1.29, 1.82) is 0 Å². The third-order valence-corrected chi connectivity index (χ3v) is 2.15. The van der Waals surface area contributed by atoms with Crippen LogP contribution in [0.15, 0.2) is 42.7 Å². The van der Waals surface area contributed by atoms with E-state index in [0.29, 0.717) is 0 Å². The van der Waals surface area contributed by atoms with Gasteiger partial charge in [-0.2, -0.15) is 0 Å². The molecule has 3 aromatic heterocycles. The Morgan fingerprint density at radius 3 is 1.86 bits per heavy atom. The first-order valence-electron chi connectivity index (χ1n) is 4.40. The summed E-state index contributed by atoms with van der Waals surface area (Å²) in [5.41, 5.74) is 3.60. The highest BCUT2D eigenvalue weighted by Gasteiger charge is 1.98. The van der Waals surface area contributed by atoms with Crippen LogP contribution >= 0.6 is 0 Å². The van der Waals surface area contributed by atoms with E-state index in [4.69, 9.17) is 0 Å². The molecule has 0 N–H and O–H groups in total. The molecule has 3 heteroatoms. The van der Waals surface area contributed by atoms with Crippen LogP contribution in [-0.2, 0) is 0 Å². The predicted molar refractivity (Wildman–Crippen MR) is 54.8 cm³/mol. The topological polar surface area (TPSA) is 38.7 Å². The first-order valence-corrected chi connectivity index (χ1v) is 4.40. The zero-order valence-corrected chi connectivity index (χ0v) is 7.38. The molecule has 0 saturated carbocycles. The number of aromatic nitrogens is 3. The van der Waals surface area contributed by atoms with Gasteiger partial charge in [0.05, 0.1) is 22.1 Å². The second-order valence-electron chi connectivity index (χ2n) is 3.07. The molecule has 0 saturated heterocycles. The Bertz CT molecular complexity index is 499. The van der Waals surface area contributed by atoms with Gasteiger partial charge in [-0.05, 0) is 30.3 Å². The number of hydrogen-bond donors (Lipinski definition) is 0. The Hall–Kier alpha value is -2.03. The van der Waals surface area contributed by atoms with Gasteiger partial charge in [0.1, 0.15) is 0 Å². The van der Waals surface area contributed by atoms with Crippen molar-refractivity contribution in [1.82, 2.24) is 15.0 Å². The molecule has 3 nitrogen and oxygen atoms in total. The minimum Gasteiger partial charge on any atom is -0.255 e. The van der Waals surface area contributed by atoms with Gasteiger partial charge >= 0.3 is 0 Å². The molecule has 0 amide bonds. The lowest BCUT2D eigenvalue weighted by atomic mass is 10.2. The molecule has 3 aromatic rings. The van der Waals surface area contributed by atoms with E-state index in [1.165, 1.54) is 0 Å². The molecule has 0 aliphatic carbocycles. The van der Waals surface area contributed by atoms with Crippen LogP contribution in [0.4, 0.5) is 0 Å². The van der Waals surface area contributed by atoms with Crippen LogP contribution in [0, 0.1) is 0 Å². The first-order chi connectivity index (χ1) is 6.93. The Labute approximate surface area is 80.5 Å². The van der Waals surface area contributed by atoms with Gasteiger partial charge in [0.15, 0.2) is 0 Å². The summed E-state index contributed by atoms with van der Waals surface area (Å²) in [7, 11) is 0. The van der Waals surface area contributed by atoms with Crippen LogP contribution in [0.2, 0.25) is 0 Å². The van der Waals surface area contributed by atoms with Crippen LogP contribution in [0.25, 0.3) is 22.1 Å². The van der Waals surface area contributed by atoms with Crippen molar-refractivity contribution >= 4 is 22.1 Å². The van der Waals surface area contributed by atoms with Crippen molar-refractivity contribution in [2.75, 3.05) is 0 Å². The quantitative estimate of drug-likeness (QED) is 0.499. The van der Waals surface area contributed by atoms with Crippen molar-refractivity contribution in [2.45, 2.75) is 0 Å². The number of pyridine rings is 3. The van der Waals surface area contributed by atoms with Crippen LogP contribution in [0.3, 0.4) is 0 Å². The lowest BCUT2D eigenvalue weighted by Gasteiger charge is -1.98. The fourth-order valence-electron chi connectivity index (χ4n) is 1.49. The van der Waals surface area contributed by atoms with Crippen molar-refractivity contribution in [3.8, 4) is 0 Å². The summed E-state index contributed by atoms with van der Waals surface area (Å²) in [6, 6.07) is 9.64. The van der Waals surface area contributed by atoms with Crippen molar-refractivity contribution in [3.63, 3.8) is 0 Å². The molecule has 0 bridgehead atoms. The lowest BCUT2D eigenvalue weighted by Crippen LogP contribution is -1.85. The molecular formula is C11H7N3. The number of rotatable bonds is 0. The van der Waals surface area contributed by atoms with Crippen LogP contribution in [-0.4, -0.2) is 15.0 Å². The molecule has 0 radical (unpaired) electrons. The second-order valence-corrected chi connectivity index (χ2v) is 3.07. The zero-order valence-electron chi connectivity index (χ0n) is 7.38. The lowest BCUT2D eigenvalue weighted by molar-refractivity contribution is 1.34. The van der Waals surface area contributed by atoms with Crippen molar-refractivity contribution < 1.29 is 0 Å². The van der Waals surface area contributed by atoms with E-state index in [1.54, 1.807) is 12.4 Å². The maximum atomic E-state index is 4.45. The molecule has 0 fully saturated rings. The van der Waals surface area contributed by atoms with E-state index in [2.05, 4.69) is 15.0 Å². The Balaban J connectivity index is 2.52. The van der Waals surface area contributed by atoms with Gasteiger partial charge in [-0.3, -0.25) is 9.97 Å². The summed E-state index contributed by atoms with van der Waals surface area (Å²) < 4.78 is 0. The van der Waals surface area contributed by atoms with E-state index in [9.17, 15) is 0 Å². The summed E-state index contributed by atoms with van der Waals surface area (Å²) in [6.07, 6.45) is 3.53. The Kier molecular flexibility index (Phi) is 1.44. The van der Waals surface area contributed by atoms with Crippen molar-refractivity contribution in [3.05, 3.63) is 42.7 Å². The summed E-state index contributed by atoms with van der Waals surface area (Å²) in [5, 5.41) is 0. The van der Waals surface area contributed by atoms with Gasteiger partial charge in [0, 0.05) is 12.4 Å². The van der Waals surface area contributed by atoms with Gasteiger partial charge in [0.2, 0.25) is 0 Å². The molecule has 14 heavy (non-hydrogen) atoms. The molecule has 0 unspecified atom stereocenters. The molecule has 3 heterocycles. The number of hydrogen-bond acceptors (Lipinski definition) is 3. The average molecular weight is 181 g/mol. The molecule has 0 aromatic carbocycles. The third-order valence-electron chi connectivity index (χ3n) is 2.15. The van der Waals surface area contributed by atoms with Gasteiger partial charge in [-0.1, -0.05) is 0 Å². The maximum absolute atomic E-state index is 4.45. The maximum Gasteiger partial charge on any atom is 0.0908 e. The molecule has 0 spiro atoms. The summed E-state index contributed by atoms with van der Waals surface area (Å²) in [4.78, 5) is 12.9. The molecule has 66 valence electrons. The molecule has 0 aliphatic rings. The van der Waals surface area contributed by atoms with Gasteiger partial charge in [-0.25, -0.2) is 4.98 Å². The monoisotopic (exact) mass is 181 g/mol. The predicted octanol–water partition coefficient (Wildman–Crippen LogP) is 2.18. The Morgan fingerprint density at radius 1 is 0.714 bits per heavy atom. The van der Waals surface area contributed by atoms with Gasteiger partial charge in [0.25, 0.3) is 0 Å². The Morgan fingerprint density at radius 2 is 1.29 bits per heavy atom.